The van der Waals surface area contributed by atoms with Crippen molar-refractivity contribution in [2.45, 2.75) is 33.4 Å². The zero-order chi connectivity index (χ0) is 19.4. The molecule has 0 radical (unpaired) electrons. The highest BCUT2D eigenvalue weighted by molar-refractivity contribution is 6.02. The average Bonchev–Trinajstić information content (AvgIpc) is 3.03. The molecule has 0 aliphatic heterocycles. The van der Waals surface area contributed by atoms with Crippen LogP contribution in [0.2, 0.25) is 0 Å². The predicted octanol–water partition coefficient (Wildman–Crippen LogP) is 2.32. The molecule has 2 amide bonds. The smallest absolute Gasteiger partial charge is 0.254 e. The van der Waals surface area contributed by atoms with Crippen LogP contribution in [0, 0.1) is 6.92 Å². The van der Waals surface area contributed by atoms with Crippen molar-refractivity contribution in [1.82, 2.24) is 19.9 Å². The Morgan fingerprint density at radius 2 is 2.04 bits per heavy atom. The molecule has 0 fully saturated rings. The van der Waals surface area contributed by atoms with Gasteiger partial charge in [0.15, 0.2) is 0 Å². The molecule has 0 saturated heterocycles. The molecule has 0 bridgehead atoms. The molecule has 0 unspecified atom stereocenters. The van der Waals surface area contributed by atoms with Gasteiger partial charge < -0.3 is 9.80 Å². The summed E-state index contributed by atoms with van der Waals surface area (Å²) in [6.07, 6.45) is 2.99. The largest absolute Gasteiger partial charge is 0.339 e. The Hall–Kier alpha value is -2.96. The van der Waals surface area contributed by atoms with Crippen LogP contribution >= 0.6 is 0 Å². The zero-order valence-corrected chi connectivity index (χ0v) is 15.9. The topological polar surface area (TPSA) is 71.3 Å². The van der Waals surface area contributed by atoms with Crippen molar-refractivity contribution in [3.63, 3.8) is 0 Å². The van der Waals surface area contributed by atoms with Gasteiger partial charge in [0.25, 0.3) is 11.8 Å². The van der Waals surface area contributed by atoms with E-state index in [9.17, 15) is 9.59 Å². The number of carbonyl (C=O) groups is 2. The Kier molecular flexibility index (Phi) is 5.92. The maximum absolute atomic E-state index is 12.8. The Morgan fingerprint density at radius 1 is 1.35 bits per heavy atom. The van der Waals surface area contributed by atoms with E-state index in [0.717, 1.165) is 5.56 Å². The molecule has 138 valence electrons. The number of aryl methyl sites for hydroxylation is 2. The van der Waals surface area contributed by atoms with Crippen molar-refractivity contribution in [3.05, 3.63) is 53.9 Å². The number of nitrogens with zero attached hydrogens (tertiary/aromatic N) is 5. The van der Waals surface area contributed by atoms with E-state index in [1.807, 2.05) is 32.9 Å². The number of amides is 2. The van der Waals surface area contributed by atoms with Crippen LogP contribution in [0.25, 0.3) is 0 Å². The molecule has 1 heterocycles. The fraction of sp³-hybridized carbons (Fsp3) is 0.368. The van der Waals surface area contributed by atoms with Crippen LogP contribution in [0.4, 0.5) is 5.69 Å². The summed E-state index contributed by atoms with van der Waals surface area (Å²) in [6, 6.07) is 5.49. The summed E-state index contributed by atoms with van der Waals surface area (Å²) in [4.78, 5) is 28.4. The van der Waals surface area contributed by atoms with E-state index in [1.54, 1.807) is 35.9 Å². The lowest BCUT2D eigenvalue weighted by atomic mass is 10.1. The van der Waals surface area contributed by atoms with Gasteiger partial charge in [0, 0.05) is 37.6 Å². The van der Waals surface area contributed by atoms with Gasteiger partial charge in [-0.15, -0.1) is 5.10 Å². The molecule has 1 aromatic heterocycles. The summed E-state index contributed by atoms with van der Waals surface area (Å²) >= 11 is 0. The van der Waals surface area contributed by atoms with Crippen molar-refractivity contribution in [2.75, 3.05) is 11.9 Å². The number of hydrogen-bond acceptors (Lipinski definition) is 4. The van der Waals surface area contributed by atoms with Crippen molar-refractivity contribution in [2.24, 2.45) is 7.05 Å². The second-order valence-corrected chi connectivity index (χ2v) is 6.52. The van der Waals surface area contributed by atoms with Gasteiger partial charge in [-0.2, -0.15) is 0 Å². The first-order valence-corrected chi connectivity index (χ1v) is 8.41. The van der Waals surface area contributed by atoms with Gasteiger partial charge in [0.1, 0.15) is 5.69 Å². The number of benzene rings is 1. The van der Waals surface area contributed by atoms with Gasteiger partial charge in [0.2, 0.25) is 0 Å². The number of rotatable bonds is 6. The van der Waals surface area contributed by atoms with E-state index in [0.29, 0.717) is 16.9 Å². The lowest BCUT2D eigenvalue weighted by Crippen LogP contribution is -2.34. The van der Waals surface area contributed by atoms with Gasteiger partial charge in [-0.3, -0.25) is 14.3 Å². The molecule has 1 aromatic carbocycles. The number of hydrogen-bond donors (Lipinski definition) is 0. The summed E-state index contributed by atoms with van der Waals surface area (Å²) < 4.78 is 1.58. The Labute approximate surface area is 153 Å². The third-order valence-electron chi connectivity index (χ3n) is 4.27. The monoisotopic (exact) mass is 355 g/mol. The molecule has 0 aliphatic carbocycles. The number of carbonyl (C=O) groups excluding carboxylic acids is 2. The number of aromatic nitrogens is 3. The fourth-order valence-electron chi connectivity index (χ4n) is 2.47. The molecular formula is C19H25N5O2. The van der Waals surface area contributed by atoms with E-state index in [-0.39, 0.29) is 24.4 Å². The van der Waals surface area contributed by atoms with Gasteiger partial charge in [-0.25, -0.2) is 0 Å². The second kappa shape index (κ2) is 7.95. The first kappa shape index (κ1) is 19.4. The quantitative estimate of drug-likeness (QED) is 0.746. The molecule has 0 atom stereocenters. The maximum Gasteiger partial charge on any atom is 0.254 e. The van der Waals surface area contributed by atoms with Crippen LogP contribution in [0.15, 0.2) is 37.1 Å². The van der Waals surface area contributed by atoms with Crippen molar-refractivity contribution in [1.29, 1.82) is 0 Å². The third kappa shape index (κ3) is 4.17. The van der Waals surface area contributed by atoms with E-state index >= 15 is 0 Å². The Balaban J connectivity index is 2.42. The predicted molar refractivity (Wildman–Crippen MR) is 101 cm³/mol. The Morgan fingerprint density at radius 3 is 2.58 bits per heavy atom. The summed E-state index contributed by atoms with van der Waals surface area (Å²) in [5.74, 6) is -0.347. The van der Waals surface area contributed by atoms with Gasteiger partial charge >= 0.3 is 0 Å². The SMILES string of the molecule is C=CC(=O)N(Cc1cn(C)nn1)c1ccc(C)c(C(=O)N(C)C(C)C)c1. The van der Waals surface area contributed by atoms with Crippen LogP contribution in [-0.2, 0) is 18.4 Å². The maximum atomic E-state index is 12.8. The highest BCUT2D eigenvalue weighted by atomic mass is 16.2. The van der Waals surface area contributed by atoms with Crippen molar-refractivity contribution >= 4 is 17.5 Å². The summed E-state index contributed by atoms with van der Waals surface area (Å²) in [5.41, 5.74) is 2.69. The minimum atomic E-state index is -0.268. The first-order chi connectivity index (χ1) is 12.2. The van der Waals surface area contributed by atoms with E-state index in [4.69, 9.17) is 0 Å². The van der Waals surface area contributed by atoms with Crippen LogP contribution in [0.3, 0.4) is 0 Å². The molecule has 2 aromatic rings. The first-order valence-electron chi connectivity index (χ1n) is 8.41. The van der Waals surface area contributed by atoms with Crippen LogP contribution in [-0.4, -0.2) is 44.8 Å². The van der Waals surface area contributed by atoms with Crippen molar-refractivity contribution < 1.29 is 9.59 Å². The molecule has 2 rings (SSSR count). The van der Waals surface area contributed by atoms with E-state index in [2.05, 4.69) is 16.9 Å². The molecule has 7 heteroatoms. The lowest BCUT2D eigenvalue weighted by Gasteiger charge is -2.25. The molecule has 0 aliphatic rings. The number of anilines is 1. The second-order valence-electron chi connectivity index (χ2n) is 6.52. The average molecular weight is 355 g/mol. The Bertz CT molecular complexity index is 825. The minimum Gasteiger partial charge on any atom is -0.339 e. The highest BCUT2D eigenvalue weighted by Crippen LogP contribution is 2.23. The van der Waals surface area contributed by atoms with Crippen LogP contribution in [0.5, 0.6) is 0 Å². The molecule has 7 nitrogen and oxygen atoms in total. The molecule has 0 N–H and O–H groups in total. The lowest BCUT2D eigenvalue weighted by molar-refractivity contribution is -0.114. The zero-order valence-electron chi connectivity index (χ0n) is 15.9. The molecule has 26 heavy (non-hydrogen) atoms. The third-order valence-corrected chi connectivity index (χ3v) is 4.27. The van der Waals surface area contributed by atoms with Crippen LogP contribution < -0.4 is 4.90 Å². The van der Waals surface area contributed by atoms with E-state index in [1.165, 1.54) is 11.0 Å². The van der Waals surface area contributed by atoms with Crippen molar-refractivity contribution in [3.8, 4) is 0 Å². The van der Waals surface area contributed by atoms with E-state index < -0.39 is 0 Å². The molecule has 0 spiro atoms. The molecule has 0 saturated carbocycles. The molecular weight excluding hydrogens is 330 g/mol. The normalized spacial score (nSPS) is 10.7. The minimum absolute atomic E-state index is 0.0788. The highest BCUT2D eigenvalue weighted by Gasteiger charge is 2.21. The summed E-state index contributed by atoms with van der Waals surface area (Å²) in [5, 5.41) is 7.93. The summed E-state index contributed by atoms with van der Waals surface area (Å²) in [6.45, 7) is 9.61. The van der Waals surface area contributed by atoms with Gasteiger partial charge in [-0.1, -0.05) is 17.9 Å². The van der Waals surface area contributed by atoms with Crippen LogP contribution in [0.1, 0.15) is 35.5 Å². The standard InChI is InChI=1S/C19H25N5O2/c1-7-18(25)24(12-15-11-22(5)21-20-15)16-9-8-14(4)17(10-16)19(26)23(6)13(2)3/h7-11,13H,1,12H2,2-6H3. The fourth-order valence-corrected chi connectivity index (χ4v) is 2.47. The van der Waals surface area contributed by atoms with Gasteiger partial charge in [0.05, 0.1) is 6.54 Å². The van der Waals surface area contributed by atoms with Gasteiger partial charge in [-0.05, 0) is 44.5 Å². The summed E-state index contributed by atoms with van der Waals surface area (Å²) in [7, 11) is 3.53.